The van der Waals surface area contributed by atoms with Gasteiger partial charge in [0.15, 0.2) is 4.34 Å². The molecular formula is C9H14N2OS2. The lowest BCUT2D eigenvalue weighted by molar-refractivity contribution is -0.127. The summed E-state index contributed by atoms with van der Waals surface area (Å²) in [6.07, 6.45) is 0. The predicted octanol–water partition coefficient (Wildman–Crippen LogP) is 2.02. The van der Waals surface area contributed by atoms with Crippen molar-refractivity contribution < 1.29 is 4.79 Å². The average Bonchev–Trinajstić information content (AvgIpc) is 2.49. The molecule has 0 N–H and O–H groups in total. The van der Waals surface area contributed by atoms with E-state index >= 15 is 0 Å². The van der Waals surface area contributed by atoms with Gasteiger partial charge in [-0.3, -0.25) is 4.79 Å². The summed E-state index contributed by atoms with van der Waals surface area (Å²) in [6.45, 7) is 3.86. The fourth-order valence-corrected chi connectivity index (χ4v) is 3.08. The highest BCUT2D eigenvalue weighted by atomic mass is 32.2. The van der Waals surface area contributed by atoms with Gasteiger partial charge >= 0.3 is 0 Å². The smallest absolute Gasteiger partial charge is 0.235 e. The van der Waals surface area contributed by atoms with Crippen LogP contribution in [0.5, 0.6) is 0 Å². The van der Waals surface area contributed by atoms with Gasteiger partial charge in [-0.1, -0.05) is 11.8 Å². The maximum atomic E-state index is 11.5. The zero-order valence-corrected chi connectivity index (χ0v) is 10.4. The molecule has 0 saturated carbocycles. The number of carbonyl (C=O) groups is 1. The molecule has 78 valence electrons. The van der Waals surface area contributed by atoms with E-state index in [0.29, 0.717) is 0 Å². The zero-order chi connectivity index (χ0) is 10.7. The molecule has 1 amide bonds. The highest BCUT2D eigenvalue weighted by molar-refractivity contribution is 8.02. The maximum Gasteiger partial charge on any atom is 0.235 e. The van der Waals surface area contributed by atoms with E-state index in [-0.39, 0.29) is 11.2 Å². The van der Waals surface area contributed by atoms with Crippen molar-refractivity contribution in [3.8, 4) is 0 Å². The molecule has 1 atom stereocenters. The Morgan fingerprint density at radius 1 is 1.64 bits per heavy atom. The van der Waals surface area contributed by atoms with Crippen LogP contribution in [0.2, 0.25) is 0 Å². The summed E-state index contributed by atoms with van der Waals surface area (Å²) in [5, 5.41) is 1.94. The average molecular weight is 230 g/mol. The lowest BCUT2D eigenvalue weighted by Crippen LogP contribution is -2.29. The molecule has 0 fully saturated rings. The standard InChI is InChI=1S/C9H14N2OS2/c1-6-5-13-9(10-6)14-7(2)8(12)11(3)4/h5,7H,1-4H3. The number of carbonyl (C=O) groups excluding carboxylic acids is 1. The number of hydrogen-bond acceptors (Lipinski definition) is 4. The number of aromatic nitrogens is 1. The summed E-state index contributed by atoms with van der Waals surface area (Å²) < 4.78 is 0.963. The normalized spacial score (nSPS) is 12.6. The van der Waals surface area contributed by atoms with E-state index in [0.717, 1.165) is 10.0 Å². The van der Waals surface area contributed by atoms with Gasteiger partial charge < -0.3 is 4.90 Å². The van der Waals surface area contributed by atoms with E-state index in [1.54, 1.807) is 30.3 Å². The number of amides is 1. The van der Waals surface area contributed by atoms with Crippen molar-refractivity contribution in [3.63, 3.8) is 0 Å². The fourth-order valence-electron chi connectivity index (χ4n) is 0.952. The first kappa shape index (κ1) is 11.5. The van der Waals surface area contributed by atoms with Crippen LogP contribution in [0.15, 0.2) is 9.72 Å². The number of aryl methyl sites for hydroxylation is 1. The molecule has 0 aliphatic carbocycles. The second-order valence-corrected chi connectivity index (χ2v) is 5.69. The molecule has 1 heterocycles. The third-order valence-electron chi connectivity index (χ3n) is 1.66. The van der Waals surface area contributed by atoms with Crippen LogP contribution >= 0.6 is 23.1 Å². The van der Waals surface area contributed by atoms with E-state index in [9.17, 15) is 4.79 Å². The molecule has 0 aliphatic rings. The summed E-state index contributed by atoms with van der Waals surface area (Å²) in [6, 6.07) is 0. The van der Waals surface area contributed by atoms with Crippen LogP contribution in [-0.2, 0) is 4.79 Å². The number of nitrogens with zero attached hydrogens (tertiary/aromatic N) is 2. The molecular weight excluding hydrogens is 216 g/mol. The van der Waals surface area contributed by atoms with E-state index in [1.165, 1.54) is 11.8 Å². The molecule has 0 radical (unpaired) electrons. The molecule has 1 aromatic heterocycles. The first-order valence-electron chi connectivity index (χ1n) is 4.30. The minimum atomic E-state index is -0.0597. The monoisotopic (exact) mass is 230 g/mol. The topological polar surface area (TPSA) is 33.2 Å². The van der Waals surface area contributed by atoms with Gasteiger partial charge in [0.1, 0.15) is 0 Å². The Kier molecular flexibility index (Phi) is 3.95. The van der Waals surface area contributed by atoms with Crippen molar-refractivity contribution in [3.05, 3.63) is 11.1 Å². The molecule has 3 nitrogen and oxygen atoms in total. The first-order chi connectivity index (χ1) is 6.50. The molecule has 0 spiro atoms. The Labute approximate surface area is 92.5 Å². The van der Waals surface area contributed by atoms with E-state index in [1.807, 2.05) is 19.2 Å². The van der Waals surface area contributed by atoms with Crippen LogP contribution < -0.4 is 0 Å². The van der Waals surface area contributed by atoms with Gasteiger partial charge in [-0.05, 0) is 13.8 Å². The highest BCUT2D eigenvalue weighted by Gasteiger charge is 2.17. The summed E-state index contributed by atoms with van der Waals surface area (Å²) in [5.41, 5.74) is 1.02. The van der Waals surface area contributed by atoms with Crippen LogP contribution in [-0.4, -0.2) is 35.1 Å². The van der Waals surface area contributed by atoms with E-state index < -0.39 is 0 Å². The molecule has 1 aromatic rings. The first-order valence-corrected chi connectivity index (χ1v) is 6.06. The van der Waals surface area contributed by atoms with Gasteiger partial charge in [-0.25, -0.2) is 4.98 Å². The van der Waals surface area contributed by atoms with Crippen molar-refractivity contribution in [2.45, 2.75) is 23.4 Å². The number of thioether (sulfide) groups is 1. The number of hydrogen-bond donors (Lipinski definition) is 0. The van der Waals surface area contributed by atoms with Crippen LogP contribution in [0.4, 0.5) is 0 Å². The molecule has 0 bridgehead atoms. The molecule has 0 aliphatic heterocycles. The number of thiazole rings is 1. The van der Waals surface area contributed by atoms with E-state index in [2.05, 4.69) is 4.98 Å². The Hall–Kier alpha value is -0.550. The Morgan fingerprint density at radius 2 is 2.29 bits per heavy atom. The maximum absolute atomic E-state index is 11.5. The van der Waals surface area contributed by atoms with Crippen LogP contribution in [0, 0.1) is 6.92 Å². The van der Waals surface area contributed by atoms with E-state index in [4.69, 9.17) is 0 Å². The van der Waals surface area contributed by atoms with Crippen LogP contribution in [0.1, 0.15) is 12.6 Å². The van der Waals surface area contributed by atoms with Crippen LogP contribution in [0.3, 0.4) is 0 Å². The third-order valence-corrected chi connectivity index (χ3v) is 3.84. The summed E-state index contributed by atoms with van der Waals surface area (Å²) >= 11 is 3.11. The third kappa shape index (κ3) is 2.99. The van der Waals surface area contributed by atoms with Crippen molar-refractivity contribution in [1.29, 1.82) is 0 Å². The van der Waals surface area contributed by atoms with Gasteiger partial charge in [0.25, 0.3) is 0 Å². The lowest BCUT2D eigenvalue weighted by Gasteiger charge is -2.14. The van der Waals surface area contributed by atoms with Crippen molar-refractivity contribution in [2.75, 3.05) is 14.1 Å². The Balaban J connectivity index is 2.57. The Morgan fingerprint density at radius 3 is 2.71 bits per heavy atom. The molecule has 5 heteroatoms. The largest absolute Gasteiger partial charge is 0.348 e. The lowest BCUT2D eigenvalue weighted by atomic mass is 10.4. The predicted molar refractivity (Wildman–Crippen MR) is 60.9 cm³/mol. The van der Waals surface area contributed by atoms with Crippen molar-refractivity contribution in [2.24, 2.45) is 0 Å². The minimum absolute atomic E-state index is 0.0597. The summed E-state index contributed by atoms with van der Waals surface area (Å²) in [4.78, 5) is 17.4. The van der Waals surface area contributed by atoms with Gasteiger partial charge in [0, 0.05) is 25.2 Å². The number of rotatable bonds is 3. The SMILES string of the molecule is Cc1csc(SC(C)C(=O)N(C)C)n1. The van der Waals surface area contributed by atoms with Crippen LogP contribution in [0.25, 0.3) is 0 Å². The quantitative estimate of drug-likeness (QED) is 0.745. The second kappa shape index (κ2) is 4.79. The highest BCUT2D eigenvalue weighted by Crippen LogP contribution is 2.27. The second-order valence-electron chi connectivity index (χ2n) is 3.25. The molecule has 1 rings (SSSR count). The van der Waals surface area contributed by atoms with Crippen molar-refractivity contribution >= 4 is 29.0 Å². The van der Waals surface area contributed by atoms with Gasteiger partial charge in [0.2, 0.25) is 5.91 Å². The van der Waals surface area contributed by atoms with Crippen molar-refractivity contribution in [1.82, 2.24) is 9.88 Å². The van der Waals surface area contributed by atoms with Gasteiger partial charge in [0.05, 0.1) is 5.25 Å². The molecule has 0 aromatic carbocycles. The summed E-state index contributed by atoms with van der Waals surface area (Å²) in [5.74, 6) is 0.128. The molecule has 14 heavy (non-hydrogen) atoms. The fraction of sp³-hybridized carbons (Fsp3) is 0.556. The van der Waals surface area contributed by atoms with Gasteiger partial charge in [-0.2, -0.15) is 0 Å². The Bertz CT molecular complexity index is 322. The molecule has 0 saturated heterocycles. The molecule has 1 unspecified atom stereocenters. The zero-order valence-electron chi connectivity index (χ0n) is 8.77. The van der Waals surface area contributed by atoms with Gasteiger partial charge in [-0.15, -0.1) is 11.3 Å². The minimum Gasteiger partial charge on any atom is -0.348 e. The summed E-state index contributed by atoms with van der Waals surface area (Å²) in [7, 11) is 3.54.